The second kappa shape index (κ2) is 6.18. The summed E-state index contributed by atoms with van der Waals surface area (Å²) in [6.45, 7) is 0. The van der Waals surface area contributed by atoms with Gasteiger partial charge in [0, 0.05) is 5.88 Å². The van der Waals surface area contributed by atoms with Gasteiger partial charge in [0.05, 0.1) is 12.7 Å². The van der Waals surface area contributed by atoms with Crippen molar-refractivity contribution in [3.8, 4) is 11.5 Å². The molecule has 0 aliphatic rings. The summed E-state index contributed by atoms with van der Waals surface area (Å²) in [7, 11) is 1.44. The van der Waals surface area contributed by atoms with Crippen molar-refractivity contribution in [2.24, 2.45) is 0 Å². The molecule has 0 amide bonds. The van der Waals surface area contributed by atoms with Crippen molar-refractivity contribution >= 4 is 24.0 Å². The number of aldehydes is 1. The molecule has 86 valence electrons. The summed E-state index contributed by atoms with van der Waals surface area (Å²) in [6, 6.07) is 3.33. The van der Waals surface area contributed by atoms with Crippen LogP contribution in [0, 0.1) is 0 Å². The lowest BCUT2D eigenvalue weighted by molar-refractivity contribution is 0.112. The topological polar surface area (TPSA) is 46.5 Å². The van der Waals surface area contributed by atoms with Gasteiger partial charge in [-0.05, 0) is 18.1 Å². The molecule has 0 fully saturated rings. The van der Waals surface area contributed by atoms with Crippen LogP contribution in [0.15, 0.2) is 18.2 Å². The molecule has 0 atom stereocenters. The maximum absolute atomic E-state index is 10.9. The number of allylic oxidation sites excluding steroid dienone is 1. The first-order chi connectivity index (χ1) is 7.74. The van der Waals surface area contributed by atoms with Gasteiger partial charge < -0.3 is 9.84 Å². The quantitative estimate of drug-likeness (QED) is 0.636. The lowest BCUT2D eigenvalue weighted by Crippen LogP contribution is -1.91. The first-order valence-electron chi connectivity index (χ1n) is 4.82. The zero-order valence-electron chi connectivity index (χ0n) is 8.94. The van der Waals surface area contributed by atoms with E-state index in [4.69, 9.17) is 16.3 Å². The summed E-state index contributed by atoms with van der Waals surface area (Å²) in [5, 5.41) is 9.71. The molecule has 0 bridgehead atoms. The van der Waals surface area contributed by atoms with E-state index in [1.807, 2.05) is 6.08 Å². The van der Waals surface area contributed by atoms with Crippen molar-refractivity contribution in [2.75, 3.05) is 13.0 Å². The van der Waals surface area contributed by atoms with Crippen molar-refractivity contribution in [3.63, 3.8) is 0 Å². The molecule has 0 spiro atoms. The maximum atomic E-state index is 10.9. The minimum atomic E-state index is -0.134. The van der Waals surface area contributed by atoms with Crippen molar-refractivity contribution < 1.29 is 14.6 Å². The van der Waals surface area contributed by atoms with Crippen molar-refractivity contribution in [3.05, 3.63) is 29.3 Å². The second-order valence-electron chi connectivity index (χ2n) is 3.12. The number of benzene rings is 1. The summed E-state index contributed by atoms with van der Waals surface area (Å²) in [4.78, 5) is 10.9. The first kappa shape index (κ1) is 12.6. The fourth-order valence-corrected chi connectivity index (χ4v) is 1.44. The third-order valence-corrected chi connectivity index (χ3v) is 2.34. The third-order valence-electron chi connectivity index (χ3n) is 2.12. The number of halogens is 1. The third kappa shape index (κ3) is 2.76. The lowest BCUT2D eigenvalue weighted by atomic mass is 10.1. The number of carbonyl (C=O) groups is 1. The Hall–Kier alpha value is -1.48. The highest BCUT2D eigenvalue weighted by Gasteiger charge is 2.10. The zero-order valence-corrected chi connectivity index (χ0v) is 9.70. The number of hydrogen-bond donors (Lipinski definition) is 1. The minimum Gasteiger partial charge on any atom is -0.504 e. The average Bonchev–Trinajstić information content (AvgIpc) is 2.30. The molecule has 1 aromatic rings. The zero-order chi connectivity index (χ0) is 12.0. The van der Waals surface area contributed by atoms with E-state index in [0.29, 0.717) is 24.2 Å². The largest absolute Gasteiger partial charge is 0.504 e. The number of hydrogen-bond acceptors (Lipinski definition) is 3. The van der Waals surface area contributed by atoms with Crippen LogP contribution in [0.4, 0.5) is 0 Å². The molecule has 1 aromatic carbocycles. The maximum Gasteiger partial charge on any atom is 0.168 e. The molecular formula is C12H13ClO3. The van der Waals surface area contributed by atoms with E-state index in [1.54, 1.807) is 18.2 Å². The number of carbonyl (C=O) groups excluding carboxylic acids is 1. The Morgan fingerprint density at radius 2 is 2.25 bits per heavy atom. The van der Waals surface area contributed by atoms with Crippen LogP contribution < -0.4 is 4.74 Å². The summed E-state index contributed by atoms with van der Waals surface area (Å²) < 4.78 is 4.91. The van der Waals surface area contributed by atoms with E-state index in [1.165, 1.54) is 7.11 Å². The number of ether oxygens (including phenoxy) is 1. The Morgan fingerprint density at radius 1 is 1.50 bits per heavy atom. The van der Waals surface area contributed by atoms with Gasteiger partial charge in [-0.15, -0.1) is 11.6 Å². The standard InChI is InChI=1S/C12H13ClO3/c1-16-11-6-5-9(4-2-3-7-13)10(8-14)12(11)15/h2,4-6,8,15H,3,7H2,1H3. The molecule has 0 aromatic heterocycles. The highest BCUT2D eigenvalue weighted by atomic mass is 35.5. The molecule has 0 saturated carbocycles. The van der Waals surface area contributed by atoms with E-state index in [-0.39, 0.29) is 17.1 Å². The lowest BCUT2D eigenvalue weighted by Gasteiger charge is -2.07. The Bertz CT molecular complexity index is 399. The molecule has 1 rings (SSSR count). The smallest absolute Gasteiger partial charge is 0.168 e. The molecule has 0 aliphatic heterocycles. The molecule has 0 radical (unpaired) electrons. The number of alkyl halides is 1. The van der Waals surface area contributed by atoms with E-state index in [0.717, 1.165) is 0 Å². The summed E-state index contributed by atoms with van der Waals surface area (Å²) in [6.07, 6.45) is 4.93. The van der Waals surface area contributed by atoms with Gasteiger partial charge >= 0.3 is 0 Å². The number of aromatic hydroxyl groups is 1. The molecular weight excluding hydrogens is 228 g/mol. The van der Waals surface area contributed by atoms with E-state index < -0.39 is 0 Å². The van der Waals surface area contributed by atoms with E-state index in [9.17, 15) is 9.90 Å². The fourth-order valence-electron chi connectivity index (χ4n) is 1.31. The molecule has 0 aliphatic carbocycles. The average molecular weight is 241 g/mol. The monoisotopic (exact) mass is 240 g/mol. The van der Waals surface area contributed by atoms with Gasteiger partial charge in [-0.2, -0.15) is 0 Å². The van der Waals surface area contributed by atoms with Gasteiger partial charge in [0.15, 0.2) is 17.8 Å². The Kier molecular flexibility index (Phi) is 4.86. The van der Waals surface area contributed by atoms with Crippen LogP contribution in [-0.2, 0) is 0 Å². The summed E-state index contributed by atoms with van der Waals surface area (Å²) >= 11 is 5.53. The van der Waals surface area contributed by atoms with E-state index >= 15 is 0 Å². The predicted octanol–water partition coefficient (Wildman–Crippen LogP) is 2.86. The molecule has 4 heteroatoms. The van der Waals surface area contributed by atoms with Gasteiger partial charge in [-0.3, -0.25) is 4.79 Å². The second-order valence-corrected chi connectivity index (χ2v) is 3.50. The van der Waals surface area contributed by atoms with Crippen LogP contribution >= 0.6 is 11.6 Å². The summed E-state index contributed by atoms with van der Waals surface area (Å²) in [5.74, 6) is 0.678. The van der Waals surface area contributed by atoms with Crippen LogP contribution in [0.25, 0.3) is 6.08 Å². The van der Waals surface area contributed by atoms with E-state index in [2.05, 4.69) is 0 Å². The first-order valence-corrected chi connectivity index (χ1v) is 5.35. The minimum absolute atomic E-state index is 0.134. The van der Waals surface area contributed by atoms with Crippen LogP contribution in [-0.4, -0.2) is 24.4 Å². The molecule has 1 N–H and O–H groups in total. The normalized spacial score (nSPS) is 10.6. The number of methoxy groups -OCH3 is 1. The van der Waals surface area contributed by atoms with Crippen LogP contribution in [0.2, 0.25) is 0 Å². The van der Waals surface area contributed by atoms with Crippen LogP contribution in [0.3, 0.4) is 0 Å². The highest BCUT2D eigenvalue weighted by Crippen LogP contribution is 2.31. The van der Waals surface area contributed by atoms with Gasteiger partial charge in [0.1, 0.15) is 0 Å². The van der Waals surface area contributed by atoms with Crippen LogP contribution in [0.1, 0.15) is 22.3 Å². The van der Waals surface area contributed by atoms with Crippen molar-refractivity contribution in [1.29, 1.82) is 0 Å². The van der Waals surface area contributed by atoms with Crippen LogP contribution in [0.5, 0.6) is 11.5 Å². The molecule has 3 nitrogen and oxygen atoms in total. The SMILES string of the molecule is COc1ccc(C=CCCCl)c(C=O)c1O. The van der Waals surface area contributed by atoms with Gasteiger partial charge in [0.2, 0.25) is 0 Å². The Morgan fingerprint density at radius 3 is 2.81 bits per heavy atom. The molecule has 0 saturated heterocycles. The highest BCUT2D eigenvalue weighted by molar-refractivity contribution is 6.17. The number of rotatable bonds is 5. The number of phenols is 1. The van der Waals surface area contributed by atoms with Crippen molar-refractivity contribution in [2.45, 2.75) is 6.42 Å². The predicted molar refractivity (Wildman–Crippen MR) is 64.4 cm³/mol. The van der Waals surface area contributed by atoms with Gasteiger partial charge in [-0.1, -0.05) is 18.2 Å². The molecule has 0 heterocycles. The molecule has 0 unspecified atom stereocenters. The van der Waals surface area contributed by atoms with Gasteiger partial charge in [-0.25, -0.2) is 0 Å². The van der Waals surface area contributed by atoms with Crippen molar-refractivity contribution in [1.82, 2.24) is 0 Å². The van der Waals surface area contributed by atoms with Gasteiger partial charge in [0.25, 0.3) is 0 Å². The molecule has 16 heavy (non-hydrogen) atoms. The Labute approximate surface area is 99.3 Å². The summed E-state index contributed by atoms with van der Waals surface area (Å²) in [5.41, 5.74) is 0.878. The Balaban J connectivity index is 3.10. The fraction of sp³-hybridized carbons (Fsp3) is 0.250. The number of phenolic OH excluding ortho intramolecular Hbond substituents is 1.